The van der Waals surface area contributed by atoms with Gasteiger partial charge in [0.1, 0.15) is 0 Å². The number of benzene rings is 2. The topological polar surface area (TPSA) is 29.3 Å². The number of anilines is 1. The zero-order valence-corrected chi connectivity index (χ0v) is 10.4. The number of hydrogen-bond acceptors (Lipinski definition) is 2. The molecule has 0 aliphatic rings. The maximum Gasteiger partial charge on any atom is 0.0595 e. The molecule has 2 nitrogen and oxygen atoms in total. The van der Waals surface area contributed by atoms with Crippen LogP contribution < -0.4 is 10.9 Å². The third-order valence-electron chi connectivity index (χ3n) is 3.03. The minimum absolute atomic E-state index is 0.734. The molecular formula is C15H18N2. The standard InChI is InChI=1S/C15H18N2/c1-12-7-3-5-9-14(12)11-17(16)15-10-6-4-8-13(15)2/h3-10H,11,16H2,1-2H3. The fourth-order valence-corrected chi connectivity index (χ4v) is 1.94. The van der Waals surface area contributed by atoms with Gasteiger partial charge in [0.05, 0.1) is 12.2 Å². The predicted molar refractivity (Wildman–Crippen MR) is 72.7 cm³/mol. The molecule has 0 heterocycles. The summed E-state index contributed by atoms with van der Waals surface area (Å²) in [6.07, 6.45) is 0. The van der Waals surface area contributed by atoms with E-state index in [1.54, 1.807) is 5.01 Å². The molecular weight excluding hydrogens is 208 g/mol. The first-order valence-corrected chi connectivity index (χ1v) is 5.81. The van der Waals surface area contributed by atoms with E-state index in [1.807, 2.05) is 30.3 Å². The van der Waals surface area contributed by atoms with Gasteiger partial charge in [0, 0.05) is 0 Å². The van der Waals surface area contributed by atoms with Crippen molar-refractivity contribution in [2.75, 3.05) is 5.01 Å². The first-order chi connectivity index (χ1) is 8.18. The summed E-state index contributed by atoms with van der Waals surface area (Å²) in [5.74, 6) is 6.13. The van der Waals surface area contributed by atoms with Gasteiger partial charge in [-0.1, -0.05) is 42.5 Å². The van der Waals surface area contributed by atoms with Crippen LogP contribution in [0.1, 0.15) is 16.7 Å². The summed E-state index contributed by atoms with van der Waals surface area (Å²) < 4.78 is 0. The Kier molecular flexibility index (Phi) is 3.45. The highest BCUT2D eigenvalue weighted by Gasteiger charge is 2.06. The first-order valence-electron chi connectivity index (χ1n) is 5.81. The maximum absolute atomic E-state index is 6.13. The number of hydrazine groups is 1. The van der Waals surface area contributed by atoms with E-state index in [-0.39, 0.29) is 0 Å². The Labute approximate surface area is 103 Å². The summed E-state index contributed by atoms with van der Waals surface area (Å²) in [5, 5.41) is 1.80. The van der Waals surface area contributed by atoms with Gasteiger partial charge in [0.2, 0.25) is 0 Å². The molecule has 2 rings (SSSR count). The highest BCUT2D eigenvalue weighted by molar-refractivity contribution is 5.52. The molecule has 88 valence electrons. The van der Waals surface area contributed by atoms with Gasteiger partial charge in [0.25, 0.3) is 0 Å². The Morgan fingerprint density at radius 2 is 1.47 bits per heavy atom. The van der Waals surface area contributed by atoms with E-state index in [1.165, 1.54) is 16.7 Å². The number of nitrogens with two attached hydrogens (primary N) is 1. The van der Waals surface area contributed by atoms with E-state index in [4.69, 9.17) is 5.84 Å². The van der Waals surface area contributed by atoms with Crippen LogP contribution >= 0.6 is 0 Å². The van der Waals surface area contributed by atoms with Crippen LogP contribution in [0.4, 0.5) is 5.69 Å². The molecule has 0 aromatic heterocycles. The minimum atomic E-state index is 0.734. The largest absolute Gasteiger partial charge is 0.306 e. The van der Waals surface area contributed by atoms with Gasteiger partial charge in [-0.15, -0.1) is 0 Å². The molecule has 2 N–H and O–H groups in total. The maximum atomic E-state index is 6.13. The van der Waals surface area contributed by atoms with Crippen molar-refractivity contribution in [2.45, 2.75) is 20.4 Å². The lowest BCUT2D eigenvalue weighted by Crippen LogP contribution is -2.30. The van der Waals surface area contributed by atoms with Crippen molar-refractivity contribution in [2.24, 2.45) is 5.84 Å². The van der Waals surface area contributed by atoms with E-state index >= 15 is 0 Å². The summed E-state index contributed by atoms with van der Waals surface area (Å²) in [5.41, 5.74) is 4.81. The summed E-state index contributed by atoms with van der Waals surface area (Å²) >= 11 is 0. The molecule has 0 saturated heterocycles. The van der Waals surface area contributed by atoms with Crippen molar-refractivity contribution in [3.63, 3.8) is 0 Å². The molecule has 0 bridgehead atoms. The smallest absolute Gasteiger partial charge is 0.0595 e. The van der Waals surface area contributed by atoms with E-state index < -0.39 is 0 Å². The minimum Gasteiger partial charge on any atom is -0.306 e. The third kappa shape index (κ3) is 2.66. The van der Waals surface area contributed by atoms with Crippen LogP contribution in [0, 0.1) is 13.8 Å². The molecule has 0 unspecified atom stereocenters. The molecule has 2 aromatic carbocycles. The molecule has 0 aliphatic heterocycles. The molecule has 0 radical (unpaired) electrons. The van der Waals surface area contributed by atoms with E-state index in [0.29, 0.717) is 0 Å². The van der Waals surface area contributed by atoms with Crippen LogP contribution in [0.5, 0.6) is 0 Å². The van der Waals surface area contributed by atoms with E-state index in [9.17, 15) is 0 Å². The highest BCUT2D eigenvalue weighted by Crippen LogP contribution is 2.19. The number of aryl methyl sites for hydroxylation is 2. The Balaban J connectivity index is 2.20. The fourth-order valence-electron chi connectivity index (χ4n) is 1.94. The number of para-hydroxylation sites is 1. The summed E-state index contributed by atoms with van der Waals surface area (Å²) in [6, 6.07) is 16.5. The summed E-state index contributed by atoms with van der Waals surface area (Å²) in [7, 11) is 0. The second kappa shape index (κ2) is 5.02. The molecule has 0 amide bonds. The third-order valence-corrected chi connectivity index (χ3v) is 3.03. The van der Waals surface area contributed by atoms with Crippen LogP contribution in [0.2, 0.25) is 0 Å². The normalized spacial score (nSPS) is 10.3. The fraction of sp³-hybridized carbons (Fsp3) is 0.200. The highest BCUT2D eigenvalue weighted by atomic mass is 15.4. The van der Waals surface area contributed by atoms with Crippen LogP contribution in [0.3, 0.4) is 0 Å². The van der Waals surface area contributed by atoms with Crippen molar-refractivity contribution in [1.82, 2.24) is 0 Å². The Morgan fingerprint density at radius 3 is 2.12 bits per heavy atom. The number of hydrogen-bond donors (Lipinski definition) is 1. The number of nitrogens with zero attached hydrogens (tertiary/aromatic N) is 1. The lowest BCUT2D eigenvalue weighted by molar-refractivity contribution is 0.843. The van der Waals surface area contributed by atoms with Gasteiger partial charge in [-0.3, -0.25) is 0 Å². The van der Waals surface area contributed by atoms with Crippen LogP contribution in [0.25, 0.3) is 0 Å². The van der Waals surface area contributed by atoms with Crippen molar-refractivity contribution in [3.05, 3.63) is 65.2 Å². The molecule has 0 saturated carbocycles. The van der Waals surface area contributed by atoms with Gasteiger partial charge < -0.3 is 5.01 Å². The first kappa shape index (κ1) is 11.7. The van der Waals surface area contributed by atoms with E-state index in [0.717, 1.165) is 12.2 Å². The average molecular weight is 226 g/mol. The Bertz CT molecular complexity index is 506. The van der Waals surface area contributed by atoms with Gasteiger partial charge in [0.15, 0.2) is 0 Å². The Hall–Kier alpha value is -1.80. The lowest BCUT2D eigenvalue weighted by Gasteiger charge is -2.21. The van der Waals surface area contributed by atoms with Crippen LogP contribution in [-0.2, 0) is 6.54 Å². The zero-order chi connectivity index (χ0) is 12.3. The van der Waals surface area contributed by atoms with Gasteiger partial charge in [-0.2, -0.15) is 0 Å². The molecule has 0 aliphatic carbocycles. The van der Waals surface area contributed by atoms with Crippen LogP contribution in [0.15, 0.2) is 48.5 Å². The second-order valence-electron chi connectivity index (χ2n) is 4.34. The van der Waals surface area contributed by atoms with Crippen molar-refractivity contribution in [3.8, 4) is 0 Å². The summed E-state index contributed by atoms with van der Waals surface area (Å²) in [6.45, 7) is 4.92. The van der Waals surface area contributed by atoms with Crippen molar-refractivity contribution in [1.29, 1.82) is 0 Å². The predicted octanol–water partition coefficient (Wildman–Crippen LogP) is 3.18. The molecule has 17 heavy (non-hydrogen) atoms. The number of rotatable bonds is 3. The van der Waals surface area contributed by atoms with Gasteiger partial charge in [-0.05, 0) is 36.6 Å². The SMILES string of the molecule is Cc1ccccc1CN(N)c1ccccc1C. The quantitative estimate of drug-likeness (QED) is 0.643. The zero-order valence-electron chi connectivity index (χ0n) is 10.4. The van der Waals surface area contributed by atoms with E-state index in [2.05, 4.69) is 32.0 Å². The average Bonchev–Trinajstić information content (AvgIpc) is 2.32. The molecule has 0 spiro atoms. The van der Waals surface area contributed by atoms with Crippen molar-refractivity contribution >= 4 is 5.69 Å². The van der Waals surface area contributed by atoms with Crippen molar-refractivity contribution < 1.29 is 0 Å². The second-order valence-corrected chi connectivity index (χ2v) is 4.34. The molecule has 0 atom stereocenters. The lowest BCUT2D eigenvalue weighted by atomic mass is 10.1. The molecule has 0 fully saturated rings. The van der Waals surface area contributed by atoms with Crippen LogP contribution in [-0.4, -0.2) is 0 Å². The van der Waals surface area contributed by atoms with Gasteiger partial charge in [-0.25, -0.2) is 5.84 Å². The monoisotopic (exact) mass is 226 g/mol. The Morgan fingerprint density at radius 1 is 0.882 bits per heavy atom. The summed E-state index contributed by atoms with van der Waals surface area (Å²) in [4.78, 5) is 0. The van der Waals surface area contributed by atoms with Gasteiger partial charge >= 0.3 is 0 Å². The molecule has 2 heteroatoms. The molecule has 2 aromatic rings.